The maximum atomic E-state index is 12.3. The molecule has 0 aromatic carbocycles. The van der Waals surface area contributed by atoms with Crippen molar-refractivity contribution in [3.8, 4) is 0 Å². The molecule has 0 spiro atoms. The van der Waals surface area contributed by atoms with Gasteiger partial charge in [0, 0.05) is 0 Å². The Kier molecular flexibility index (Phi) is 4.10. The van der Waals surface area contributed by atoms with E-state index in [1.54, 1.807) is 41.5 Å². The molecule has 0 bridgehead atoms. The number of Topliss-reactive ketones (excluding diaryl/α,β-unsaturated/α-hetero) is 1. The van der Waals surface area contributed by atoms with Gasteiger partial charge in [-0.05, 0) is 47.1 Å². The van der Waals surface area contributed by atoms with Gasteiger partial charge in [0.05, 0.1) is 6.61 Å². The molecule has 1 fully saturated rings. The Morgan fingerprint density at radius 1 is 1.37 bits per heavy atom. The van der Waals surface area contributed by atoms with Crippen LogP contribution in [0.2, 0.25) is 0 Å². The monoisotopic (exact) mass is 269 g/mol. The van der Waals surface area contributed by atoms with Gasteiger partial charge in [-0.2, -0.15) is 0 Å². The highest BCUT2D eigenvalue weighted by molar-refractivity contribution is 6.00. The van der Waals surface area contributed by atoms with Crippen LogP contribution in [0, 0.1) is 0 Å². The molecule has 1 saturated heterocycles. The van der Waals surface area contributed by atoms with E-state index in [1.807, 2.05) is 0 Å². The third kappa shape index (κ3) is 3.56. The molecule has 0 unspecified atom stereocenters. The minimum absolute atomic E-state index is 0.165. The molecule has 1 atom stereocenters. The van der Waals surface area contributed by atoms with E-state index in [2.05, 4.69) is 6.58 Å². The molecule has 108 valence electrons. The Morgan fingerprint density at radius 3 is 2.32 bits per heavy atom. The van der Waals surface area contributed by atoms with Crippen molar-refractivity contribution in [3.63, 3.8) is 0 Å². The lowest BCUT2D eigenvalue weighted by molar-refractivity contribution is -0.121. The molecule has 1 heterocycles. The van der Waals surface area contributed by atoms with Gasteiger partial charge in [0.2, 0.25) is 0 Å². The zero-order chi connectivity index (χ0) is 15.0. The van der Waals surface area contributed by atoms with Crippen LogP contribution in [0.4, 0.5) is 4.79 Å². The summed E-state index contributed by atoms with van der Waals surface area (Å²) in [5, 5.41) is 0. The van der Waals surface area contributed by atoms with Crippen LogP contribution in [0.5, 0.6) is 0 Å². The first-order chi connectivity index (χ1) is 8.46. The molecule has 5 nitrogen and oxygen atoms in total. The van der Waals surface area contributed by atoms with E-state index in [0.717, 1.165) is 0 Å². The molecule has 0 aromatic heterocycles. The Hall–Kier alpha value is -1.36. The number of ether oxygens (including phenoxy) is 2. The van der Waals surface area contributed by atoms with Crippen LogP contribution >= 0.6 is 0 Å². The molecular formula is C14H23NO4. The Morgan fingerprint density at radius 2 is 1.89 bits per heavy atom. The first-order valence-corrected chi connectivity index (χ1v) is 6.32. The fraction of sp³-hybridized carbons (Fsp3) is 0.714. The van der Waals surface area contributed by atoms with Gasteiger partial charge >= 0.3 is 6.09 Å². The minimum atomic E-state index is -0.863. The zero-order valence-corrected chi connectivity index (χ0v) is 12.6. The van der Waals surface area contributed by atoms with Gasteiger partial charge in [0.25, 0.3) is 0 Å². The highest BCUT2D eigenvalue weighted by atomic mass is 16.6. The Labute approximate surface area is 114 Å². The molecule has 1 aliphatic rings. The quantitative estimate of drug-likeness (QED) is 0.723. The summed E-state index contributed by atoms with van der Waals surface area (Å²) in [7, 11) is 0. The van der Waals surface area contributed by atoms with Crippen molar-refractivity contribution in [2.24, 2.45) is 0 Å². The summed E-state index contributed by atoms with van der Waals surface area (Å²) in [5.41, 5.74) is -1.08. The first-order valence-electron chi connectivity index (χ1n) is 6.32. The van der Waals surface area contributed by atoms with E-state index < -0.39 is 23.5 Å². The van der Waals surface area contributed by atoms with Gasteiger partial charge in [0.1, 0.15) is 17.4 Å². The van der Waals surface area contributed by atoms with Crippen LogP contribution in [0.15, 0.2) is 12.2 Å². The summed E-state index contributed by atoms with van der Waals surface area (Å²) in [6.45, 7) is 14.2. The predicted octanol–water partition coefficient (Wildman–Crippen LogP) is 2.50. The Bertz CT molecular complexity index is 406. The zero-order valence-electron chi connectivity index (χ0n) is 12.6. The third-order valence-electron chi connectivity index (χ3n) is 2.80. The van der Waals surface area contributed by atoms with E-state index in [4.69, 9.17) is 9.47 Å². The van der Waals surface area contributed by atoms with Crippen LogP contribution in [0.1, 0.15) is 41.5 Å². The highest BCUT2D eigenvalue weighted by Crippen LogP contribution is 2.30. The second-order valence-electron chi connectivity index (χ2n) is 6.27. The molecule has 1 aliphatic heterocycles. The van der Waals surface area contributed by atoms with Crippen LogP contribution in [-0.4, -0.2) is 40.8 Å². The molecule has 0 N–H and O–H groups in total. The highest BCUT2D eigenvalue weighted by Gasteiger charge is 2.48. The minimum Gasteiger partial charge on any atom is -0.444 e. The van der Waals surface area contributed by atoms with Gasteiger partial charge in [-0.15, -0.1) is 0 Å². The predicted molar refractivity (Wildman–Crippen MR) is 71.7 cm³/mol. The van der Waals surface area contributed by atoms with E-state index in [-0.39, 0.29) is 12.4 Å². The van der Waals surface area contributed by atoms with Crippen LogP contribution < -0.4 is 0 Å². The third-order valence-corrected chi connectivity index (χ3v) is 2.80. The molecule has 1 rings (SSSR count). The number of rotatable bonds is 2. The van der Waals surface area contributed by atoms with Gasteiger partial charge in [-0.1, -0.05) is 6.58 Å². The fourth-order valence-corrected chi connectivity index (χ4v) is 1.94. The van der Waals surface area contributed by atoms with Crippen molar-refractivity contribution in [3.05, 3.63) is 12.2 Å². The first kappa shape index (κ1) is 15.7. The number of hydrogen-bond acceptors (Lipinski definition) is 4. The summed E-state index contributed by atoms with van der Waals surface area (Å²) < 4.78 is 10.9. The van der Waals surface area contributed by atoms with Crippen molar-refractivity contribution < 1.29 is 19.1 Å². The molecule has 0 aromatic rings. The van der Waals surface area contributed by atoms with Crippen molar-refractivity contribution in [1.29, 1.82) is 0 Å². The molecule has 1 amide bonds. The molecule has 0 aliphatic carbocycles. The van der Waals surface area contributed by atoms with Crippen LogP contribution in [0.25, 0.3) is 0 Å². The van der Waals surface area contributed by atoms with E-state index in [1.165, 1.54) is 4.90 Å². The lowest BCUT2D eigenvalue weighted by Gasteiger charge is -2.34. The standard InChI is InChI=1S/C14H23NO4/c1-9(2)11(16)10-8-18-14(6,7)15(10)12(17)19-13(3,4)5/h10H,1,8H2,2-7H3/t10-/m0/s1. The summed E-state index contributed by atoms with van der Waals surface area (Å²) in [5.74, 6) is -0.198. The van der Waals surface area contributed by atoms with Gasteiger partial charge in [0.15, 0.2) is 5.78 Å². The van der Waals surface area contributed by atoms with Crippen LogP contribution in [0.3, 0.4) is 0 Å². The van der Waals surface area contributed by atoms with Gasteiger partial charge in [-0.25, -0.2) is 4.79 Å². The molecular weight excluding hydrogens is 246 g/mol. The Balaban J connectivity index is 3.00. The molecule has 5 heteroatoms. The largest absolute Gasteiger partial charge is 0.444 e. The van der Waals surface area contributed by atoms with Crippen LogP contribution in [-0.2, 0) is 14.3 Å². The SMILES string of the molecule is C=C(C)C(=O)[C@@H]1COC(C)(C)N1C(=O)OC(C)(C)C. The maximum absolute atomic E-state index is 12.3. The summed E-state index contributed by atoms with van der Waals surface area (Å²) in [4.78, 5) is 25.7. The van der Waals surface area contributed by atoms with E-state index in [9.17, 15) is 9.59 Å². The summed E-state index contributed by atoms with van der Waals surface area (Å²) in [6.07, 6.45) is -0.547. The van der Waals surface area contributed by atoms with Crippen molar-refractivity contribution in [1.82, 2.24) is 4.90 Å². The smallest absolute Gasteiger partial charge is 0.413 e. The topological polar surface area (TPSA) is 55.8 Å². The van der Waals surface area contributed by atoms with Crippen molar-refractivity contribution >= 4 is 11.9 Å². The summed E-state index contributed by atoms with van der Waals surface area (Å²) >= 11 is 0. The number of carbonyl (C=O) groups excluding carboxylic acids is 2. The average Bonchev–Trinajstić information content (AvgIpc) is 2.50. The molecule has 0 radical (unpaired) electrons. The van der Waals surface area contributed by atoms with Crippen molar-refractivity contribution in [2.45, 2.75) is 58.9 Å². The van der Waals surface area contributed by atoms with Gasteiger partial charge < -0.3 is 9.47 Å². The second-order valence-corrected chi connectivity index (χ2v) is 6.27. The van der Waals surface area contributed by atoms with E-state index in [0.29, 0.717) is 5.57 Å². The molecule has 0 saturated carbocycles. The molecule has 19 heavy (non-hydrogen) atoms. The normalized spacial score (nSPS) is 22.2. The van der Waals surface area contributed by atoms with Gasteiger partial charge in [-0.3, -0.25) is 9.69 Å². The van der Waals surface area contributed by atoms with Crippen molar-refractivity contribution in [2.75, 3.05) is 6.61 Å². The lowest BCUT2D eigenvalue weighted by atomic mass is 10.1. The average molecular weight is 269 g/mol. The fourth-order valence-electron chi connectivity index (χ4n) is 1.94. The maximum Gasteiger partial charge on any atom is 0.413 e. The number of amides is 1. The number of ketones is 1. The number of nitrogens with zero attached hydrogens (tertiary/aromatic N) is 1. The summed E-state index contributed by atoms with van der Waals surface area (Å²) in [6, 6.07) is -0.664. The lowest BCUT2D eigenvalue weighted by Crippen LogP contribution is -2.52. The number of carbonyl (C=O) groups is 2. The second kappa shape index (κ2) is 4.96. The number of hydrogen-bond donors (Lipinski definition) is 0. The van der Waals surface area contributed by atoms with E-state index >= 15 is 0 Å².